The van der Waals surface area contributed by atoms with Crippen LogP contribution in [0, 0.1) is 0 Å². The molecule has 4 nitrogen and oxygen atoms in total. The van der Waals surface area contributed by atoms with Gasteiger partial charge in [0.15, 0.2) is 0 Å². The number of nitrogens with one attached hydrogen (secondary N) is 2. The Labute approximate surface area is 144 Å². The average Bonchev–Trinajstić information content (AvgIpc) is 3.01. The van der Waals surface area contributed by atoms with Crippen molar-refractivity contribution in [1.29, 1.82) is 0 Å². The minimum absolute atomic E-state index is 0.0503. The van der Waals surface area contributed by atoms with Crippen LogP contribution in [0.15, 0.2) is 41.8 Å². The monoisotopic (exact) mass is 350 g/mol. The lowest BCUT2D eigenvalue weighted by Crippen LogP contribution is -2.33. The molecule has 0 fully saturated rings. The molecule has 2 aromatic rings. The maximum absolute atomic E-state index is 12.3. The number of hydrogen-bond donors (Lipinski definition) is 2. The normalized spacial score (nSPS) is 13.2. The van der Waals surface area contributed by atoms with Crippen molar-refractivity contribution in [3.05, 3.63) is 57.2 Å². The number of halogens is 1. The number of carbonyl (C=O) groups excluding carboxylic acids is 2. The summed E-state index contributed by atoms with van der Waals surface area (Å²) >= 11 is 7.49. The summed E-state index contributed by atoms with van der Waals surface area (Å²) in [5.74, 6) is -0.288. The van der Waals surface area contributed by atoms with Crippen molar-refractivity contribution in [2.24, 2.45) is 0 Å². The van der Waals surface area contributed by atoms with Gasteiger partial charge < -0.3 is 10.6 Å². The van der Waals surface area contributed by atoms with E-state index in [2.05, 4.69) is 10.6 Å². The van der Waals surface area contributed by atoms with E-state index in [0.29, 0.717) is 5.02 Å². The molecule has 0 aliphatic rings. The van der Waals surface area contributed by atoms with Crippen molar-refractivity contribution in [2.45, 2.75) is 32.4 Å². The zero-order chi connectivity index (χ0) is 16.8. The zero-order valence-corrected chi connectivity index (χ0v) is 14.6. The highest BCUT2D eigenvalue weighted by Crippen LogP contribution is 2.22. The largest absolute Gasteiger partial charge is 0.349 e. The van der Waals surface area contributed by atoms with Gasteiger partial charge >= 0.3 is 0 Å². The second-order valence-electron chi connectivity index (χ2n) is 5.31. The van der Waals surface area contributed by atoms with E-state index in [1.54, 1.807) is 23.5 Å². The predicted octanol–water partition coefficient (Wildman–Crippen LogP) is 3.85. The summed E-state index contributed by atoms with van der Waals surface area (Å²) in [4.78, 5) is 24.8. The van der Waals surface area contributed by atoms with Crippen LogP contribution in [0.1, 0.15) is 42.8 Å². The minimum Gasteiger partial charge on any atom is -0.349 e. The summed E-state index contributed by atoms with van der Waals surface area (Å²) in [7, 11) is 0. The van der Waals surface area contributed by atoms with E-state index in [4.69, 9.17) is 11.6 Å². The van der Waals surface area contributed by atoms with Gasteiger partial charge in [-0.05, 0) is 36.1 Å². The molecule has 1 heterocycles. The van der Waals surface area contributed by atoms with Gasteiger partial charge in [-0.1, -0.05) is 29.8 Å². The molecule has 0 saturated heterocycles. The second-order valence-corrected chi connectivity index (χ2v) is 6.73. The first-order valence-electron chi connectivity index (χ1n) is 7.31. The first-order chi connectivity index (χ1) is 11.0. The highest BCUT2D eigenvalue weighted by molar-refractivity contribution is 7.10. The quantitative estimate of drug-likeness (QED) is 0.831. The fraction of sp³-hybridized carbons (Fsp3) is 0.294. The Morgan fingerprint density at radius 3 is 2.43 bits per heavy atom. The molecule has 1 aromatic carbocycles. The van der Waals surface area contributed by atoms with Gasteiger partial charge in [0, 0.05) is 16.8 Å². The SMILES string of the molecule is CC(=O)N[C@@H](CC(=O)N[C@H](C)c1cccs1)c1ccc(Cl)cc1. The lowest BCUT2D eigenvalue weighted by atomic mass is 10.0. The Morgan fingerprint density at radius 2 is 1.87 bits per heavy atom. The molecule has 0 unspecified atom stereocenters. The average molecular weight is 351 g/mol. The van der Waals surface area contributed by atoms with Crippen LogP contribution in [0.2, 0.25) is 5.02 Å². The van der Waals surface area contributed by atoms with E-state index in [-0.39, 0.29) is 30.3 Å². The van der Waals surface area contributed by atoms with E-state index >= 15 is 0 Å². The van der Waals surface area contributed by atoms with Gasteiger partial charge in [0.1, 0.15) is 0 Å². The van der Waals surface area contributed by atoms with Crippen LogP contribution in [0.25, 0.3) is 0 Å². The van der Waals surface area contributed by atoms with Gasteiger partial charge in [0.2, 0.25) is 11.8 Å². The van der Waals surface area contributed by atoms with Crippen molar-refractivity contribution >= 4 is 34.8 Å². The maximum atomic E-state index is 12.3. The van der Waals surface area contributed by atoms with Crippen LogP contribution in [-0.4, -0.2) is 11.8 Å². The van der Waals surface area contributed by atoms with Crippen molar-refractivity contribution in [3.63, 3.8) is 0 Å². The lowest BCUT2D eigenvalue weighted by molar-refractivity contribution is -0.123. The second kappa shape index (κ2) is 8.13. The van der Waals surface area contributed by atoms with E-state index in [9.17, 15) is 9.59 Å². The molecule has 23 heavy (non-hydrogen) atoms. The molecule has 2 amide bonds. The molecule has 0 aliphatic heterocycles. The minimum atomic E-state index is -0.375. The molecular weight excluding hydrogens is 332 g/mol. The van der Waals surface area contributed by atoms with Crippen molar-refractivity contribution < 1.29 is 9.59 Å². The third-order valence-electron chi connectivity index (χ3n) is 3.39. The molecule has 122 valence electrons. The molecule has 0 bridgehead atoms. The molecule has 0 radical (unpaired) electrons. The molecule has 0 spiro atoms. The Balaban J connectivity index is 2.03. The topological polar surface area (TPSA) is 58.2 Å². The fourth-order valence-electron chi connectivity index (χ4n) is 2.29. The third kappa shape index (κ3) is 5.37. The molecule has 0 aliphatic carbocycles. The van der Waals surface area contributed by atoms with E-state index in [0.717, 1.165) is 10.4 Å². The Morgan fingerprint density at radius 1 is 1.17 bits per heavy atom. The van der Waals surface area contributed by atoms with Crippen LogP contribution in [-0.2, 0) is 9.59 Å². The summed E-state index contributed by atoms with van der Waals surface area (Å²) in [6, 6.07) is 10.6. The van der Waals surface area contributed by atoms with Crippen LogP contribution in [0.4, 0.5) is 0 Å². The zero-order valence-electron chi connectivity index (χ0n) is 13.0. The Bertz CT molecular complexity index is 656. The van der Waals surface area contributed by atoms with Gasteiger partial charge in [-0.25, -0.2) is 0 Å². The Kier molecular flexibility index (Phi) is 6.19. The van der Waals surface area contributed by atoms with Crippen LogP contribution < -0.4 is 10.6 Å². The van der Waals surface area contributed by atoms with E-state index in [1.807, 2.05) is 36.6 Å². The van der Waals surface area contributed by atoms with E-state index < -0.39 is 0 Å². The smallest absolute Gasteiger partial charge is 0.222 e. The highest BCUT2D eigenvalue weighted by atomic mass is 35.5. The van der Waals surface area contributed by atoms with Crippen LogP contribution in [0.5, 0.6) is 0 Å². The van der Waals surface area contributed by atoms with Crippen molar-refractivity contribution in [2.75, 3.05) is 0 Å². The summed E-state index contributed by atoms with van der Waals surface area (Å²) in [5, 5.41) is 8.37. The molecular formula is C17H19ClN2O2S. The third-order valence-corrected chi connectivity index (χ3v) is 4.69. The predicted molar refractivity (Wildman–Crippen MR) is 93.5 cm³/mol. The first-order valence-corrected chi connectivity index (χ1v) is 8.57. The number of rotatable bonds is 6. The number of thiophene rings is 1. The molecule has 6 heteroatoms. The standard InChI is InChI=1S/C17H19ClN2O2S/c1-11(16-4-3-9-23-16)19-17(22)10-15(20-12(2)21)13-5-7-14(18)8-6-13/h3-9,11,15H,10H2,1-2H3,(H,19,22)(H,20,21)/t11-,15+/m1/s1. The maximum Gasteiger partial charge on any atom is 0.222 e. The van der Waals surface area contributed by atoms with Gasteiger partial charge in [0.25, 0.3) is 0 Å². The van der Waals surface area contributed by atoms with Crippen LogP contribution in [0.3, 0.4) is 0 Å². The number of carbonyl (C=O) groups is 2. The van der Waals surface area contributed by atoms with Crippen LogP contribution >= 0.6 is 22.9 Å². The molecule has 2 atom stereocenters. The fourth-order valence-corrected chi connectivity index (χ4v) is 3.15. The van der Waals surface area contributed by atoms with Gasteiger partial charge in [-0.3, -0.25) is 9.59 Å². The summed E-state index contributed by atoms with van der Waals surface area (Å²) in [6.45, 7) is 3.38. The summed E-state index contributed by atoms with van der Waals surface area (Å²) in [6.07, 6.45) is 0.178. The highest BCUT2D eigenvalue weighted by Gasteiger charge is 2.19. The Hall–Kier alpha value is -1.85. The van der Waals surface area contributed by atoms with Crippen molar-refractivity contribution in [1.82, 2.24) is 10.6 Å². The molecule has 0 saturated carbocycles. The summed E-state index contributed by atoms with van der Waals surface area (Å²) < 4.78 is 0. The van der Waals surface area contributed by atoms with Gasteiger partial charge in [-0.15, -0.1) is 11.3 Å². The van der Waals surface area contributed by atoms with E-state index in [1.165, 1.54) is 6.92 Å². The van der Waals surface area contributed by atoms with Gasteiger partial charge in [-0.2, -0.15) is 0 Å². The first kappa shape index (κ1) is 17.5. The lowest BCUT2D eigenvalue weighted by Gasteiger charge is -2.20. The van der Waals surface area contributed by atoms with Crippen molar-refractivity contribution in [3.8, 4) is 0 Å². The number of benzene rings is 1. The number of hydrogen-bond acceptors (Lipinski definition) is 3. The summed E-state index contributed by atoms with van der Waals surface area (Å²) in [5.41, 5.74) is 0.850. The number of amides is 2. The van der Waals surface area contributed by atoms with Gasteiger partial charge in [0.05, 0.1) is 18.5 Å². The molecule has 2 rings (SSSR count). The molecule has 1 aromatic heterocycles. The molecule has 2 N–H and O–H groups in total.